The van der Waals surface area contributed by atoms with Gasteiger partial charge in [0.05, 0.1) is 11.4 Å². The van der Waals surface area contributed by atoms with Gasteiger partial charge in [-0.15, -0.1) is 0 Å². The lowest BCUT2D eigenvalue weighted by Gasteiger charge is -1.97. The largest absolute Gasteiger partial charge is 0.481 e. The first-order valence-corrected chi connectivity index (χ1v) is 4.03. The maximum Gasteiger partial charge on any atom is 0.315 e. The highest BCUT2D eigenvalue weighted by molar-refractivity contribution is 5.70. The van der Waals surface area contributed by atoms with Crippen LogP contribution < -0.4 is 5.73 Å². The molecule has 1 rings (SSSR count). The van der Waals surface area contributed by atoms with Crippen LogP contribution in [0.2, 0.25) is 0 Å². The first-order valence-electron chi connectivity index (χ1n) is 4.03. The fourth-order valence-electron chi connectivity index (χ4n) is 0.852. The van der Waals surface area contributed by atoms with Gasteiger partial charge in [0.25, 0.3) is 0 Å². The van der Waals surface area contributed by atoms with Gasteiger partial charge in [0.1, 0.15) is 12.1 Å². The molecule has 0 aliphatic heterocycles. The molecule has 0 fully saturated rings. The molecule has 0 spiro atoms. The predicted molar refractivity (Wildman–Crippen MR) is 52.5 cm³/mol. The molecule has 4 heteroatoms. The van der Waals surface area contributed by atoms with Crippen molar-refractivity contribution in [2.45, 2.75) is 13.3 Å². The number of nitrogens with zero attached hydrogens (tertiary/aromatic N) is 1. The summed E-state index contributed by atoms with van der Waals surface area (Å²) in [5, 5.41) is 8.35. The monoisotopic (exact) mass is 190 g/mol. The van der Waals surface area contributed by atoms with Gasteiger partial charge in [-0.3, -0.25) is 4.79 Å². The number of carbonyl (C=O) groups is 1. The summed E-state index contributed by atoms with van der Waals surface area (Å²) < 4.78 is 0. The molecule has 1 heterocycles. The maximum atomic E-state index is 10.2. The minimum absolute atomic E-state index is 0.175. The van der Waals surface area contributed by atoms with E-state index in [2.05, 4.69) is 16.8 Å². The normalized spacial score (nSPS) is 8.93. The van der Waals surface area contributed by atoms with Gasteiger partial charge in [-0.25, -0.2) is 4.98 Å². The smallest absolute Gasteiger partial charge is 0.315 e. The van der Waals surface area contributed by atoms with Crippen LogP contribution in [0.25, 0.3) is 0 Å². The SMILES string of the molecule is Cc1nc(C#CCC(=O)O)ccc1N. The molecule has 14 heavy (non-hydrogen) atoms. The number of hydrogen-bond acceptors (Lipinski definition) is 3. The minimum atomic E-state index is -0.940. The Morgan fingerprint density at radius 1 is 1.64 bits per heavy atom. The molecular weight excluding hydrogens is 180 g/mol. The van der Waals surface area contributed by atoms with E-state index in [4.69, 9.17) is 10.8 Å². The second kappa shape index (κ2) is 4.28. The Kier molecular flexibility index (Phi) is 3.08. The topological polar surface area (TPSA) is 76.2 Å². The van der Waals surface area contributed by atoms with Crippen molar-refractivity contribution in [2.75, 3.05) is 5.73 Å². The van der Waals surface area contributed by atoms with Crippen LogP contribution in [0.4, 0.5) is 5.69 Å². The van der Waals surface area contributed by atoms with Crippen molar-refractivity contribution >= 4 is 11.7 Å². The maximum absolute atomic E-state index is 10.2. The number of carboxylic acid groups (broad SMARTS) is 1. The van der Waals surface area contributed by atoms with Gasteiger partial charge in [-0.2, -0.15) is 0 Å². The summed E-state index contributed by atoms with van der Waals surface area (Å²) in [4.78, 5) is 14.2. The molecular formula is C10H10N2O2. The van der Waals surface area contributed by atoms with Crippen LogP contribution in [0.1, 0.15) is 17.8 Å². The van der Waals surface area contributed by atoms with E-state index in [0.29, 0.717) is 17.1 Å². The number of nitrogens with two attached hydrogens (primary N) is 1. The Labute approximate surface area is 81.8 Å². The molecule has 0 aromatic carbocycles. The third-order valence-electron chi connectivity index (χ3n) is 1.58. The van der Waals surface area contributed by atoms with E-state index >= 15 is 0 Å². The highest BCUT2D eigenvalue weighted by Gasteiger charge is 1.95. The van der Waals surface area contributed by atoms with Crippen molar-refractivity contribution in [3.63, 3.8) is 0 Å². The fraction of sp³-hybridized carbons (Fsp3) is 0.200. The first kappa shape index (κ1) is 10.1. The highest BCUT2D eigenvalue weighted by Crippen LogP contribution is 2.06. The van der Waals surface area contributed by atoms with E-state index in [1.807, 2.05) is 0 Å². The van der Waals surface area contributed by atoms with E-state index in [-0.39, 0.29) is 6.42 Å². The summed E-state index contributed by atoms with van der Waals surface area (Å²) in [7, 11) is 0. The molecule has 0 saturated heterocycles. The van der Waals surface area contributed by atoms with Gasteiger partial charge in [0.15, 0.2) is 0 Å². The van der Waals surface area contributed by atoms with E-state index in [1.165, 1.54) is 0 Å². The summed E-state index contributed by atoms with van der Waals surface area (Å²) >= 11 is 0. The van der Waals surface area contributed by atoms with Crippen LogP contribution >= 0.6 is 0 Å². The number of carboxylic acids is 1. The molecule has 72 valence electrons. The van der Waals surface area contributed by atoms with Crippen LogP contribution in [-0.4, -0.2) is 16.1 Å². The number of aliphatic carboxylic acids is 1. The molecule has 0 aliphatic carbocycles. The van der Waals surface area contributed by atoms with Gasteiger partial charge < -0.3 is 10.8 Å². The molecule has 0 aliphatic rings. The zero-order valence-corrected chi connectivity index (χ0v) is 7.74. The van der Waals surface area contributed by atoms with Gasteiger partial charge in [-0.05, 0) is 25.0 Å². The van der Waals surface area contributed by atoms with E-state index in [9.17, 15) is 4.79 Å². The Morgan fingerprint density at radius 2 is 2.36 bits per heavy atom. The third-order valence-corrected chi connectivity index (χ3v) is 1.58. The Morgan fingerprint density at radius 3 is 2.93 bits per heavy atom. The Bertz CT molecular complexity index is 416. The van der Waals surface area contributed by atoms with Crippen LogP contribution in [0.5, 0.6) is 0 Å². The summed E-state index contributed by atoms with van der Waals surface area (Å²) in [6, 6.07) is 3.37. The van der Waals surface area contributed by atoms with Gasteiger partial charge in [0.2, 0.25) is 0 Å². The van der Waals surface area contributed by atoms with Crippen LogP contribution in [0, 0.1) is 18.8 Å². The average Bonchev–Trinajstić information content (AvgIpc) is 2.10. The molecule has 0 atom stereocenters. The zero-order chi connectivity index (χ0) is 10.6. The van der Waals surface area contributed by atoms with Gasteiger partial charge >= 0.3 is 5.97 Å². The highest BCUT2D eigenvalue weighted by atomic mass is 16.4. The second-order valence-corrected chi connectivity index (χ2v) is 2.74. The molecule has 1 aromatic rings. The minimum Gasteiger partial charge on any atom is -0.481 e. The first-order chi connectivity index (χ1) is 6.59. The number of hydrogen-bond donors (Lipinski definition) is 2. The number of aromatic nitrogens is 1. The molecule has 0 amide bonds. The number of nitrogen functional groups attached to an aromatic ring is 1. The number of rotatable bonds is 1. The molecule has 3 N–H and O–H groups in total. The fourth-order valence-corrected chi connectivity index (χ4v) is 0.852. The van der Waals surface area contributed by atoms with Crippen molar-refractivity contribution in [1.82, 2.24) is 4.98 Å². The van der Waals surface area contributed by atoms with E-state index in [0.717, 1.165) is 0 Å². The standard InChI is InChI=1S/C10H10N2O2/c1-7-9(11)6-5-8(12-7)3-2-4-10(13)14/h5-6H,4,11H2,1H3,(H,13,14). The summed E-state index contributed by atoms with van der Waals surface area (Å²) in [5.41, 5.74) is 7.41. The molecule has 0 radical (unpaired) electrons. The lowest BCUT2D eigenvalue weighted by atomic mass is 10.2. The Balaban J connectivity index is 2.81. The molecule has 0 saturated carbocycles. The van der Waals surface area contributed by atoms with Gasteiger partial charge in [0, 0.05) is 0 Å². The summed E-state index contributed by atoms with van der Waals surface area (Å²) in [6.07, 6.45) is -0.175. The lowest BCUT2D eigenvalue weighted by Crippen LogP contribution is -1.95. The van der Waals surface area contributed by atoms with Gasteiger partial charge in [-0.1, -0.05) is 5.92 Å². The van der Waals surface area contributed by atoms with Crippen molar-refractivity contribution in [2.24, 2.45) is 0 Å². The summed E-state index contributed by atoms with van der Waals surface area (Å²) in [5.74, 6) is 4.20. The molecule has 0 bridgehead atoms. The molecule has 0 unspecified atom stereocenters. The zero-order valence-electron chi connectivity index (χ0n) is 7.74. The van der Waals surface area contributed by atoms with E-state index < -0.39 is 5.97 Å². The van der Waals surface area contributed by atoms with Crippen molar-refractivity contribution < 1.29 is 9.90 Å². The van der Waals surface area contributed by atoms with Crippen molar-refractivity contribution in [3.05, 3.63) is 23.5 Å². The lowest BCUT2D eigenvalue weighted by molar-refractivity contribution is -0.135. The predicted octanol–water partition coefficient (Wildman–Crippen LogP) is 0.798. The van der Waals surface area contributed by atoms with Crippen LogP contribution in [0.3, 0.4) is 0 Å². The third kappa shape index (κ3) is 2.79. The average molecular weight is 190 g/mol. The Hall–Kier alpha value is -2.02. The number of anilines is 1. The van der Waals surface area contributed by atoms with E-state index in [1.54, 1.807) is 19.1 Å². The quantitative estimate of drug-likeness (QED) is 0.642. The molecule has 4 nitrogen and oxygen atoms in total. The van der Waals surface area contributed by atoms with Crippen molar-refractivity contribution in [3.8, 4) is 11.8 Å². The summed E-state index contributed by atoms with van der Waals surface area (Å²) in [6.45, 7) is 1.78. The second-order valence-electron chi connectivity index (χ2n) is 2.74. The number of aryl methyl sites for hydroxylation is 1. The van der Waals surface area contributed by atoms with Crippen LogP contribution in [-0.2, 0) is 4.79 Å². The van der Waals surface area contributed by atoms with Crippen molar-refractivity contribution in [1.29, 1.82) is 0 Å². The number of pyridine rings is 1. The van der Waals surface area contributed by atoms with Crippen LogP contribution in [0.15, 0.2) is 12.1 Å². The molecule has 1 aromatic heterocycles.